The van der Waals surface area contributed by atoms with Gasteiger partial charge in [-0.1, -0.05) is 0 Å². The Morgan fingerprint density at radius 1 is 1.00 bits per heavy atom. The third-order valence-corrected chi connectivity index (χ3v) is 4.21. The fourth-order valence-corrected chi connectivity index (χ4v) is 2.83. The van der Waals surface area contributed by atoms with E-state index in [9.17, 15) is 0 Å². The maximum Gasteiger partial charge on any atom is 0.123 e. The summed E-state index contributed by atoms with van der Waals surface area (Å²) in [6.07, 6.45) is 0.316. The van der Waals surface area contributed by atoms with E-state index in [1.807, 2.05) is 12.1 Å². The highest BCUT2D eigenvalue weighted by Crippen LogP contribution is 2.25. The lowest BCUT2D eigenvalue weighted by Crippen LogP contribution is -2.46. The van der Waals surface area contributed by atoms with Gasteiger partial charge in [-0.25, -0.2) is 0 Å². The minimum absolute atomic E-state index is 0.316. The van der Waals surface area contributed by atoms with Crippen molar-refractivity contribution in [2.45, 2.75) is 26.5 Å². The predicted molar refractivity (Wildman–Crippen MR) is 92.4 cm³/mol. The molecule has 1 aromatic carbocycles. The van der Waals surface area contributed by atoms with Gasteiger partial charge in [-0.05, 0) is 32.0 Å². The zero-order chi connectivity index (χ0) is 16.7. The highest BCUT2D eigenvalue weighted by Gasteiger charge is 2.18. The molecule has 0 radical (unpaired) electrons. The van der Waals surface area contributed by atoms with E-state index in [0.717, 1.165) is 57.4 Å². The Hall–Kier alpha value is -1.30. The molecule has 0 spiro atoms. The predicted octanol–water partition coefficient (Wildman–Crippen LogP) is 2.25. The van der Waals surface area contributed by atoms with Gasteiger partial charge in [-0.2, -0.15) is 0 Å². The highest BCUT2D eigenvalue weighted by atomic mass is 16.5. The van der Waals surface area contributed by atoms with Gasteiger partial charge in [0, 0.05) is 44.8 Å². The average molecular weight is 322 g/mol. The lowest BCUT2D eigenvalue weighted by molar-refractivity contribution is 0.0436. The quantitative estimate of drug-likeness (QED) is 0.733. The zero-order valence-electron chi connectivity index (χ0n) is 14.9. The van der Waals surface area contributed by atoms with E-state index in [2.05, 4.69) is 29.7 Å². The molecule has 5 nitrogen and oxygen atoms in total. The maximum atomic E-state index is 5.64. The second kappa shape index (κ2) is 9.11. The first kappa shape index (κ1) is 18.0. The molecule has 1 aliphatic heterocycles. The van der Waals surface area contributed by atoms with E-state index in [4.69, 9.17) is 14.2 Å². The zero-order valence-corrected chi connectivity index (χ0v) is 14.9. The molecule has 0 bridgehead atoms. The monoisotopic (exact) mass is 322 g/mol. The smallest absolute Gasteiger partial charge is 0.123 e. The van der Waals surface area contributed by atoms with Crippen molar-refractivity contribution in [3.8, 4) is 11.5 Å². The van der Waals surface area contributed by atoms with Gasteiger partial charge in [0.25, 0.3) is 0 Å². The summed E-state index contributed by atoms with van der Waals surface area (Å²) in [4.78, 5) is 4.94. The lowest BCUT2D eigenvalue weighted by atomic mass is 10.1. The fraction of sp³-hybridized carbons (Fsp3) is 0.667. The summed E-state index contributed by atoms with van der Waals surface area (Å²) in [5, 5.41) is 0. The van der Waals surface area contributed by atoms with Crippen LogP contribution in [-0.2, 0) is 11.3 Å². The minimum atomic E-state index is 0.316. The molecule has 130 valence electrons. The topological polar surface area (TPSA) is 34.2 Å². The van der Waals surface area contributed by atoms with Gasteiger partial charge in [0.2, 0.25) is 0 Å². The molecular formula is C18H30N2O3. The summed E-state index contributed by atoms with van der Waals surface area (Å²) < 4.78 is 16.4. The molecule has 1 aromatic rings. The van der Waals surface area contributed by atoms with E-state index in [0.29, 0.717) is 6.10 Å². The van der Waals surface area contributed by atoms with Gasteiger partial charge < -0.3 is 14.2 Å². The standard InChI is InChI=1S/C18H30N2O3/c1-15(2)23-12-11-19-7-9-20(10-8-19)14-16-13-17(21-3)5-6-18(16)22-4/h5-6,13,15H,7-12,14H2,1-4H3. The second-order valence-electron chi connectivity index (χ2n) is 6.22. The van der Waals surface area contributed by atoms with Crippen molar-refractivity contribution in [3.05, 3.63) is 23.8 Å². The summed E-state index contributed by atoms with van der Waals surface area (Å²) in [5.74, 6) is 1.81. The Morgan fingerprint density at radius 3 is 2.30 bits per heavy atom. The number of rotatable bonds is 8. The van der Waals surface area contributed by atoms with Crippen LogP contribution in [-0.4, -0.2) is 69.5 Å². The van der Waals surface area contributed by atoms with E-state index >= 15 is 0 Å². The van der Waals surface area contributed by atoms with Crippen molar-refractivity contribution in [3.63, 3.8) is 0 Å². The van der Waals surface area contributed by atoms with E-state index in [1.54, 1.807) is 14.2 Å². The molecule has 1 fully saturated rings. The average Bonchev–Trinajstić information content (AvgIpc) is 2.56. The van der Waals surface area contributed by atoms with E-state index in [1.165, 1.54) is 5.56 Å². The van der Waals surface area contributed by atoms with Crippen molar-refractivity contribution in [1.82, 2.24) is 9.80 Å². The van der Waals surface area contributed by atoms with Gasteiger partial charge in [0.15, 0.2) is 0 Å². The van der Waals surface area contributed by atoms with Crippen LogP contribution in [0.4, 0.5) is 0 Å². The van der Waals surface area contributed by atoms with Crippen molar-refractivity contribution in [2.24, 2.45) is 0 Å². The van der Waals surface area contributed by atoms with Crippen LogP contribution in [0.25, 0.3) is 0 Å². The Morgan fingerprint density at radius 2 is 1.70 bits per heavy atom. The van der Waals surface area contributed by atoms with Crippen LogP contribution in [0.2, 0.25) is 0 Å². The molecule has 1 saturated heterocycles. The van der Waals surface area contributed by atoms with Crippen LogP contribution in [0, 0.1) is 0 Å². The first-order chi connectivity index (χ1) is 11.1. The molecule has 0 unspecified atom stereocenters. The van der Waals surface area contributed by atoms with Crippen LogP contribution in [0.5, 0.6) is 11.5 Å². The van der Waals surface area contributed by atoms with Crippen molar-refractivity contribution in [2.75, 3.05) is 53.6 Å². The molecule has 2 rings (SSSR count). The van der Waals surface area contributed by atoms with E-state index < -0.39 is 0 Å². The van der Waals surface area contributed by atoms with Crippen molar-refractivity contribution in [1.29, 1.82) is 0 Å². The summed E-state index contributed by atoms with van der Waals surface area (Å²) in [6.45, 7) is 11.2. The van der Waals surface area contributed by atoms with Gasteiger partial charge in [0.05, 0.1) is 26.9 Å². The summed E-state index contributed by atoms with van der Waals surface area (Å²) >= 11 is 0. The molecule has 1 heterocycles. The summed E-state index contributed by atoms with van der Waals surface area (Å²) in [5.41, 5.74) is 1.18. The number of hydrogen-bond donors (Lipinski definition) is 0. The largest absolute Gasteiger partial charge is 0.497 e. The Balaban J connectivity index is 1.82. The number of hydrogen-bond acceptors (Lipinski definition) is 5. The number of ether oxygens (including phenoxy) is 3. The Bertz CT molecular complexity index is 471. The molecule has 0 N–H and O–H groups in total. The van der Waals surface area contributed by atoms with Crippen molar-refractivity contribution >= 4 is 0 Å². The Labute approximate surface area is 140 Å². The molecule has 0 amide bonds. The third kappa shape index (κ3) is 5.68. The number of methoxy groups -OCH3 is 2. The molecule has 5 heteroatoms. The Kier molecular flexibility index (Phi) is 7.15. The highest BCUT2D eigenvalue weighted by molar-refractivity contribution is 5.40. The van der Waals surface area contributed by atoms with Crippen LogP contribution in [0.1, 0.15) is 19.4 Å². The second-order valence-corrected chi connectivity index (χ2v) is 6.22. The summed E-state index contributed by atoms with van der Waals surface area (Å²) in [6, 6.07) is 5.99. The van der Waals surface area contributed by atoms with Gasteiger partial charge in [0.1, 0.15) is 11.5 Å². The van der Waals surface area contributed by atoms with Gasteiger partial charge in [-0.15, -0.1) is 0 Å². The molecule has 0 aliphatic carbocycles. The first-order valence-electron chi connectivity index (χ1n) is 8.39. The number of benzene rings is 1. The number of piperazine rings is 1. The molecular weight excluding hydrogens is 292 g/mol. The third-order valence-electron chi connectivity index (χ3n) is 4.21. The van der Waals surface area contributed by atoms with E-state index in [-0.39, 0.29) is 0 Å². The normalized spacial score (nSPS) is 16.7. The summed E-state index contributed by atoms with van der Waals surface area (Å²) in [7, 11) is 3.42. The van der Waals surface area contributed by atoms with Crippen LogP contribution < -0.4 is 9.47 Å². The molecule has 1 aliphatic rings. The fourth-order valence-electron chi connectivity index (χ4n) is 2.83. The first-order valence-corrected chi connectivity index (χ1v) is 8.39. The SMILES string of the molecule is COc1ccc(OC)c(CN2CCN(CCOC(C)C)CC2)c1. The van der Waals surface area contributed by atoms with Gasteiger partial charge in [-0.3, -0.25) is 9.80 Å². The van der Waals surface area contributed by atoms with Crippen LogP contribution >= 0.6 is 0 Å². The molecule has 0 aromatic heterocycles. The van der Waals surface area contributed by atoms with Crippen LogP contribution in [0.15, 0.2) is 18.2 Å². The molecule has 23 heavy (non-hydrogen) atoms. The van der Waals surface area contributed by atoms with Crippen LogP contribution in [0.3, 0.4) is 0 Å². The number of nitrogens with zero attached hydrogens (tertiary/aromatic N) is 2. The maximum absolute atomic E-state index is 5.64. The molecule has 0 atom stereocenters. The lowest BCUT2D eigenvalue weighted by Gasteiger charge is -2.35. The minimum Gasteiger partial charge on any atom is -0.497 e. The van der Waals surface area contributed by atoms with Gasteiger partial charge >= 0.3 is 0 Å². The van der Waals surface area contributed by atoms with Crippen molar-refractivity contribution < 1.29 is 14.2 Å². The molecule has 0 saturated carbocycles.